The van der Waals surface area contributed by atoms with Gasteiger partial charge >= 0.3 is 0 Å². The van der Waals surface area contributed by atoms with E-state index in [0.29, 0.717) is 36.6 Å². The van der Waals surface area contributed by atoms with E-state index in [-0.39, 0.29) is 11.7 Å². The van der Waals surface area contributed by atoms with Gasteiger partial charge in [0.2, 0.25) is 11.8 Å². The van der Waals surface area contributed by atoms with E-state index in [1.807, 2.05) is 23.1 Å². The number of ether oxygens (including phenoxy) is 2. The molecular formula is C16H19N3O4S. The number of para-hydroxylation sites is 1. The van der Waals surface area contributed by atoms with Crippen molar-refractivity contribution in [1.82, 2.24) is 15.1 Å². The van der Waals surface area contributed by atoms with E-state index in [9.17, 15) is 4.79 Å². The summed E-state index contributed by atoms with van der Waals surface area (Å²) in [5, 5.41) is 8.07. The molecule has 1 aliphatic heterocycles. The molecule has 2 heterocycles. The number of benzene rings is 1. The van der Waals surface area contributed by atoms with E-state index in [1.54, 1.807) is 14.0 Å². The lowest BCUT2D eigenvalue weighted by molar-refractivity contribution is -0.129. The zero-order valence-corrected chi connectivity index (χ0v) is 14.5. The number of carbonyl (C=O) groups is 1. The Balaban J connectivity index is 1.69. The standard InChI is InChI=1S/C16H19N3O4S/c1-11-17-18-16(23-11)24-10-14(20)19-7-4-8-22-15-12(9-19)5-3-6-13(15)21-2/h3,5-6H,4,7-10H2,1-2H3. The lowest BCUT2D eigenvalue weighted by Crippen LogP contribution is -2.35. The Bertz CT molecular complexity index is 719. The smallest absolute Gasteiger partial charge is 0.277 e. The average molecular weight is 349 g/mol. The summed E-state index contributed by atoms with van der Waals surface area (Å²) in [5.41, 5.74) is 0.945. The molecule has 0 saturated heterocycles. The first-order chi connectivity index (χ1) is 11.7. The van der Waals surface area contributed by atoms with Gasteiger partial charge in [-0.25, -0.2) is 0 Å². The van der Waals surface area contributed by atoms with Crippen LogP contribution in [0.4, 0.5) is 0 Å². The van der Waals surface area contributed by atoms with Crippen molar-refractivity contribution in [2.75, 3.05) is 26.0 Å². The fourth-order valence-electron chi connectivity index (χ4n) is 2.49. The van der Waals surface area contributed by atoms with Crippen molar-refractivity contribution < 1.29 is 18.7 Å². The maximum absolute atomic E-state index is 12.6. The zero-order chi connectivity index (χ0) is 16.9. The maximum atomic E-state index is 12.6. The largest absolute Gasteiger partial charge is 0.493 e. The third-order valence-electron chi connectivity index (χ3n) is 3.64. The number of aromatic nitrogens is 2. The molecule has 0 unspecified atom stereocenters. The summed E-state index contributed by atoms with van der Waals surface area (Å²) in [7, 11) is 1.61. The number of carbonyl (C=O) groups excluding carboxylic acids is 1. The molecule has 1 aromatic heterocycles. The highest BCUT2D eigenvalue weighted by molar-refractivity contribution is 7.99. The molecule has 0 radical (unpaired) electrons. The Morgan fingerprint density at radius 2 is 2.29 bits per heavy atom. The van der Waals surface area contributed by atoms with E-state index in [2.05, 4.69) is 10.2 Å². The Morgan fingerprint density at radius 1 is 1.42 bits per heavy atom. The van der Waals surface area contributed by atoms with Crippen molar-refractivity contribution in [3.63, 3.8) is 0 Å². The normalized spacial score (nSPS) is 14.3. The van der Waals surface area contributed by atoms with Crippen molar-refractivity contribution >= 4 is 17.7 Å². The highest BCUT2D eigenvalue weighted by Gasteiger charge is 2.21. The number of hydrogen-bond acceptors (Lipinski definition) is 7. The van der Waals surface area contributed by atoms with E-state index >= 15 is 0 Å². The van der Waals surface area contributed by atoms with Gasteiger partial charge in [-0.05, 0) is 12.5 Å². The Kier molecular flexibility index (Phi) is 5.24. The van der Waals surface area contributed by atoms with Crippen LogP contribution in [0.25, 0.3) is 0 Å². The molecule has 1 aromatic carbocycles. The second-order valence-corrected chi connectivity index (χ2v) is 6.27. The molecule has 1 amide bonds. The third-order valence-corrected chi connectivity index (χ3v) is 4.44. The van der Waals surface area contributed by atoms with Crippen LogP contribution >= 0.6 is 11.8 Å². The molecule has 0 N–H and O–H groups in total. The van der Waals surface area contributed by atoms with Crippen LogP contribution in [0.2, 0.25) is 0 Å². The van der Waals surface area contributed by atoms with Crippen LogP contribution in [0.5, 0.6) is 11.5 Å². The van der Waals surface area contributed by atoms with Gasteiger partial charge in [0.1, 0.15) is 0 Å². The van der Waals surface area contributed by atoms with E-state index in [4.69, 9.17) is 13.9 Å². The Hall–Kier alpha value is -2.22. The SMILES string of the molecule is COc1cccc2c1OCCCN(C(=O)CSc1nnc(C)o1)C2. The van der Waals surface area contributed by atoms with Crippen molar-refractivity contribution in [1.29, 1.82) is 0 Å². The number of rotatable bonds is 4. The predicted octanol–water partition coefficient (Wildman–Crippen LogP) is 2.29. The molecule has 2 aromatic rings. The van der Waals surface area contributed by atoms with Gasteiger partial charge in [0, 0.05) is 25.6 Å². The number of aryl methyl sites for hydroxylation is 1. The van der Waals surface area contributed by atoms with Gasteiger partial charge in [0.15, 0.2) is 11.5 Å². The van der Waals surface area contributed by atoms with Crippen molar-refractivity contribution in [2.45, 2.75) is 25.1 Å². The number of fused-ring (bicyclic) bond motifs is 1. The van der Waals surface area contributed by atoms with Crippen LogP contribution in [0.3, 0.4) is 0 Å². The second kappa shape index (κ2) is 7.57. The highest BCUT2D eigenvalue weighted by Crippen LogP contribution is 2.33. The molecule has 0 bridgehead atoms. The van der Waals surface area contributed by atoms with Crippen LogP contribution in [0, 0.1) is 6.92 Å². The first-order valence-corrected chi connectivity index (χ1v) is 8.65. The predicted molar refractivity (Wildman–Crippen MR) is 88.3 cm³/mol. The van der Waals surface area contributed by atoms with Gasteiger partial charge < -0.3 is 18.8 Å². The molecule has 0 atom stereocenters. The monoisotopic (exact) mass is 349 g/mol. The van der Waals surface area contributed by atoms with Gasteiger partial charge in [0.05, 0.1) is 19.5 Å². The minimum Gasteiger partial charge on any atom is -0.493 e. The van der Waals surface area contributed by atoms with Crippen LogP contribution < -0.4 is 9.47 Å². The molecule has 8 heteroatoms. The molecule has 24 heavy (non-hydrogen) atoms. The molecule has 0 fully saturated rings. The van der Waals surface area contributed by atoms with Gasteiger partial charge in [0.25, 0.3) is 5.22 Å². The molecule has 3 rings (SSSR count). The zero-order valence-electron chi connectivity index (χ0n) is 13.7. The van der Waals surface area contributed by atoms with Crippen LogP contribution in [-0.2, 0) is 11.3 Å². The molecule has 128 valence electrons. The topological polar surface area (TPSA) is 77.7 Å². The van der Waals surface area contributed by atoms with Crippen LogP contribution in [0.15, 0.2) is 27.8 Å². The molecule has 0 aliphatic carbocycles. The number of methoxy groups -OCH3 is 1. The number of hydrogen-bond donors (Lipinski definition) is 0. The van der Waals surface area contributed by atoms with Gasteiger partial charge in [-0.15, -0.1) is 10.2 Å². The fraction of sp³-hybridized carbons (Fsp3) is 0.438. The number of nitrogens with zero attached hydrogens (tertiary/aromatic N) is 3. The summed E-state index contributed by atoms with van der Waals surface area (Å²) < 4.78 is 16.4. The first-order valence-electron chi connectivity index (χ1n) is 7.66. The lowest BCUT2D eigenvalue weighted by Gasteiger charge is -2.27. The lowest BCUT2D eigenvalue weighted by atomic mass is 10.1. The minimum absolute atomic E-state index is 0.0338. The summed E-state index contributed by atoms with van der Waals surface area (Å²) in [4.78, 5) is 14.4. The van der Waals surface area contributed by atoms with Crippen molar-refractivity contribution in [2.24, 2.45) is 0 Å². The van der Waals surface area contributed by atoms with Gasteiger partial charge in [-0.1, -0.05) is 23.9 Å². The average Bonchev–Trinajstić information content (AvgIpc) is 2.98. The summed E-state index contributed by atoms with van der Waals surface area (Å²) >= 11 is 1.26. The molecule has 0 spiro atoms. The van der Waals surface area contributed by atoms with E-state index < -0.39 is 0 Å². The third kappa shape index (κ3) is 3.81. The molecule has 7 nitrogen and oxygen atoms in total. The van der Waals surface area contributed by atoms with Crippen molar-refractivity contribution in [3.8, 4) is 11.5 Å². The molecular weight excluding hydrogens is 330 g/mol. The van der Waals surface area contributed by atoms with E-state index in [0.717, 1.165) is 17.7 Å². The minimum atomic E-state index is 0.0338. The summed E-state index contributed by atoms with van der Waals surface area (Å²) in [6, 6.07) is 5.72. The highest BCUT2D eigenvalue weighted by atomic mass is 32.2. The Morgan fingerprint density at radius 3 is 3.04 bits per heavy atom. The summed E-state index contributed by atoms with van der Waals surface area (Å²) in [5.74, 6) is 2.21. The number of thioether (sulfide) groups is 1. The van der Waals surface area contributed by atoms with Crippen LogP contribution in [-0.4, -0.2) is 47.0 Å². The maximum Gasteiger partial charge on any atom is 0.277 e. The van der Waals surface area contributed by atoms with E-state index in [1.165, 1.54) is 11.8 Å². The van der Waals surface area contributed by atoms with Crippen LogP contribution in [0.1, 0.15) is 17.9 Å². The quantitative estimate of drug-likeness (QED) is 0.784. The fourth-order valence-corrected chi connectivity index (χ4v) is 3.20. The molecule has 0 saturated carbocycles. The summed E-state index contributed by atoms with van der Waals surface area (Å²) in [6.07, 6.45) is 0.771. The van der Waals surface area contributed by atoms with Gasteiger partial charge in [-0.3, -0.25) is 4.79 Å². The second-order valence-electron chi connectivity index (χ2n) is 5.34. The Labute approximate surface area is 144 Å². The van der Waals surface area contributed by atoms with Crippen molar-refractivity contribution in [3.05, 3.63) is 29.7 Å². The number of amides is 1. The molecule has 1 aliphatic rings. The summed E-state index contributed by atoms with van der Waals surface area (Å²) in [6.45, 7) is 3.42. The van der Waals surface area contributed by atoms with Gasteiger partial charge in [-0.2, -0.15) is 0 Å². The first kappa shape index (κ1) is 16.6.